The molecule has 6 heteroatoms. The van der Waals surface area contributed by atoms with Crippen LogP contribution in [0.2, 0.25) is 0 Å². The van der Waals surface area contributed by atoms with E-state index in [1.807, 2.05) is 0 Å². The number of benzene rings is 1. The molecule has 128 valence electrons. The van der Waals surface area contributed by atoms with Crippen molar-refractivity contribution in [3.63, 3.8) is 0 Å². The summed E-state index contributed by atoms with van der Waals surface area (Å²) in [6.45, 7) is 0.531. The molecule has 1 N–H and O–H groups in total. The molecule has 1 heterocycles. The third-order valence-corrected chi connectivity index (χ3v) is 6.79. The van der Waals surface area contributed by atoms with Gasteiger partial charge in [0.25, 0.3) is 0 Å². The van der Waals surface area contributed by atoms with Gasteiger partial charge in [-0.1, -0.05) is 5.57 Å². The zero-order valence-electron chi connectivity index (χ0n) is 13.6. The van der Waals surface area contributed by atoms with Crippen LogP contribution in [0, 0.1) is 11.8 Å². The first kappa shape index (κ1) is 15.7. The van der Waals surface area contributed by atoms with E-state index in [0.717, 1.165) is 0 Å². The first-order valence-electron chi connectivity index (χ1n) is 8.66. The standard InChI is InChI=1S/C18H22N2O3S/c21-18(12-17(13-2-3-13)14-4-5-14)19-15-6-8-16(9-7-15)20-10-1-11-24(20,22)23/h6-9,12-14H,1-5,10-11H2,(H,19,21). The normalized spacial score (nSPS) is 22.2. The van der Waals surface area contributed by atoms with Crippen molar-refractivity contribution >= 4 is 27.3 Å². The Morgan fingerprint density at radius 2 is 1.71 bits per heavy atom. The zero-order chi connectivity index (χ0) is 16.7. The lowest BCUT2D eigenvalue weighted by molar-refractivity contribution is -0.112. The lowest BCUT2D eigenvalue weighted by Gasteiger charge is -2.17. The van der Waals surface area contributed by atoms with Crippen LogP contribution >= 0.6 is 0 Å². The Kier molecular flexibility index (Phi) is 3.87. The number of nitrogens with one attached hydrogen (secondary N) is 1. The Bertz CT molecular complexity index is 761. The van der Waals surface area contributed by atoms with Gasteiger partial charge in [0.1, 0.15) is 0 Å². The monoisotopic (exact) mass is 346 g/mol. The summed E-state index contributed by atoms with van der Waals surface area (Å²) in [6.07, 6.45) is 7.32. The van der Waals surface area contributed by atoms with E-state index in [-0.39, 0.29) is 11.7 Å². The molecule has 2 saturated carbocycles. The number of rotatable bonds is 5. The Hall–Kier alpha value is -1.82. The topological polar surface area (TPSA) is 66.5 Å². The molecule has 1 aromatic carbocycles. The second kappa shape index (κ2) is 5.92. The van der Waals surface area contributed by atoms with E-state index in [1.54, 1.807) is 30.3 Å². The van der Waals surface area contributed by atoms with Crippen LogP contribution in [0.3, 0.4) is 0 Å². The number of hydrogen-bond donors (Lipinski definition) is 1. The van der Waals surface area contributed by atoms with Crippen molar-refractivity contribution < 1.29 is 13.2 Å². The SMILES string of the molecule is O=C(C=C(C1CC1)C1CC1)Nc1ccc(N2CCCS2(=O)=O)cc1. The van der Waals surface area contributed by atoms with Crippen molar-refractivity contribution in [3.8, 4) is 0 Å². The fraction of sp³-hybridized carbons (Fsp3) is 0.500. The maximum Gasteiger partial charge on any atom is 0.248 e. The number of allylic oxidation sites excluding steroid dienone is 1. The van der Waals surface area contributed by atoms with Gasteiger partial charge in [0, 0.05) is 18.3 Å². The Morgan fingerprint density at radius 3 is 2.21 bits per heavy atom. The lowest BCUT2D eigenvalue weighted by Crippen LogP contribution is -2.24. The van der Waals surface area contributed by atoms with Gasteiger partial charge in [0.2, 0.25) is 15.9 Å². The quantitative estimate of drug-likeness (QED) is 0.834. The predicted molar refractivity (Wildman–Crippen MR) is 94.4 cm³/mol. The van der Waals surface area contributed by atoms with Gasteiger partial charge in [-0.05, 0) is 68.2 Å². The molecule has 2 aliphatic carbocycles. The minimum absolute atomic E-state index is 0.0784. The van der Waals surface area contributed by atoms with Gasteiger partial charge in [0.05, 0.1) is 11.4 Å². The van der Waals surface area contributed by atoms with Crippen LogP contribution in [-0.2, 0) is 14.8 Å². The van der Waals surface area contributed by atoms with Gasteiger partial charge in [-0.3, -0.25) is 9.10 Å². The molecule has 1 amide bonds. The first-order valence-corrected chi connectivity index (χ1v) is 10.3. The summed E-state index contributed by atoms with van der Waals surface area (Å²) >= 11 is 0. The molecule has 1 saturated heterocycles. The molecule has 4 rings (SSSR count). The van der Waals surface area contributed by atoms with Crippen molar-refractivity contribution in [2.24, 2.45) is 11.8 Å². The maximum atomic E-state index is 12.2. The molecule has 3 fully saturated rings. The molecular weight excluding hydrogens is 324 g/mol. The Balaban J connectivity index is 1.43. The van der Waals surface area contributed by atoms with Crippen LogP contribution in [0.15, 0.2) is 35.9 Å². The van der Waals surface area contributed by atoms with E-state index in [0.29, 0.717) is 36.2 Å². The molecule has 0 bridgehead atoms. The first-order chi connectivity index (χ1) is 11.5. The molecule has 5 nitrogen and oxygen atoms in total. The fourth-order valence-electron chi connectivity index (χ4n) is 3.37. The number of carbonyl (C=O) groups is 1. The summed E-state index contributed by atoms with van der Waals surface area (Å²) in [6, 6.07) is 7.04. The van der Waals surface area contributed by atoms with Gasteiger partial charge in [-0.15, -0.1) is 0 Å². The van der Waals surface area contributed by atoms with Gasteiger partial charge < -0.3 is 5.32 Å². The molecule has 0 spiro atoms. The molecule has 1 aliphatic heterocycles. The van der Waals surface area contributed by atoms with E-state index in [9.17, 15) is 13.2 Å². The zero-order valence-corrected chi connectivity index (χ0v) is 14.4. The molecule has 24 heavy (non-hydrogen) atoms. The lowest BCUT2D eigenvalue weighted by atomic mass is 10.1. The average Bonchev–Trinajstić information content (AvgIpc) is 3.45. The average molecular weight is 346 g/mol. The highest BCUT2D eigenvalue weighted by atomic mass is 32.2. The highest BCUT2D eigenvalue weighted by Crippen LogP contribution is 2.48. The Labute approximate surface area is 142 Å². The Morgan fingerprint density at radius 1 is 1.08 bits per heavy atom. The number of anilines is 2. The van der Waals surface area contributed by atoms with E-state index < -0.39 is 10.0 Å². The van der Waals surface area contributed by atoms with Crippen LogP contribution in [-0.4, -0.2) is 26.6 Å². The van der Waals surface area contributed by atoms with E-state index in [2.05, 4.69) is 5.32 Å². The summed E-state index contributed by atoms with van der Waals surface area (Å²) in [5.41, 5.74) is 2.69. The largest absolute Gasteiger partial charge is 0.323 e. The number of hydrogen-bond acceptors (Lipinski definition) is 3. The minimum Gasteiger partial charge on any atom is -0.323 e. The molecular formula is C18H22N2O3S. The molecule has 0 atom stereocenters. The number of amides is 1. The van der Waals surface area contributed by atoms with Gasteiger partial charge in [0.15, 0.2) is 0 Å². The van der Waals surface area contributed by atoms with Crippen LogP contribution in [0.1, 0.15) is 32.1 Å². The maximum absolute atomic E-state index is 12.2. The van der Waals surface area contributed by atoms with E-state index >= 15 is 0 Å². The number of carbonyl (C=O) groups excluding carboxylic acids is 1. The highest BCUT2D eigenvalue weighted by molar-refractivity contribution is 7.93. The van der Waals surface area contributed by atoms with Crippen LogP contribution < -0.4 is 9.62 Å². The third kappa shape index (κ3) is 3.34. The highest BCUT2D eigenvalue weighted by Gasteiger charge is 2.36. The summed E-state index contributed by atoms with van der Waals surface area (Å²) < 4.78 is 25.3. The van der Waals surface area contributed by atoms with Crippen molar-refractivity contribution in [1.29, 1.82) is 0 Å². The van der Waals surface area contributed by atoms with Gasteiger partial charge in [-0.2, -0.15) is 0 Å². The fourth-order valence-corrected chi connectivity index (χ4v) is 4.94. The van der Waals surface area contributed by atoms with Crippen molar-refractivity contribution in [3.05, 3.63) is 35.9 Å². The summed E-state index contributed by atoms with van der Waals surface area (Å²) in [5.74, 6) is 1.39. The predicted octanol–water partition coefficient (Wildman–Crippen LogP) is 2.91. The van der Waals surface area contributed by atoms with Crippen LogP contribution in [0.25, 0.3) is 0 Å². The van der Waals surface area contributed by atoms with E-state index in [1.165, 1.54) is 35.6 Å². The molecule has 0 aromatic heterocycles. The van der Waals surface area contributed by atoms with Crippen molar-refractivity contribution in [2.45, 2.75) is 32.1 Å². The van der Waals surface area contributed by atoms with Crippen LogP contribution in [0.5, 0.6) is 0 Å². The minimum atomic E-state index is -3.16. The van der Waals surface area contributed by atoms with Crippen LogP contribution in [0.4, 0.5) is 11.4 Å². The number of sulfonamides is 1. The summed E-state index contributed by atoms with van der Waals surface area (Å²) in [5, 5.41) is 2.89. The van der Waals surface area contributed by atoms with E-state index in [4.69, 9.17) is 0 Å². The number of nitrogens with zero attached hydrogens (tertiary/aromatic N) is 1. The van der Waals surface area contributed by atoms with Crippen molar-refractivity contribution in [2.75, 3.05) is 21.9 Å². The second-order valence-corrected chi connectivity index (χ2v) is 8.98. The van der Waals surface area contributed by atoms with Gasteiger partial charge >= 0.3 is 0 Å². The molecule has 3 aliphatic rings. The van der Waals surface area contributed by atoms with Gasteiger partial charge in [-0.25, -0.2) is 8.42 Å². The molecule has 1 aromatic rings. The van der Waals surface area contributed by atoms with Crippen molar-refractivity contribution in [1.82, 2.24) is 0 Å². The third-order valence-electron chi connectivity index (χ3n) is 4.92. The molecule has 0 radical (unpaired) electrons. The summed E-state index contributed by atoms with van der Waals surface area (Å²) in [7, 11) is -3.16. The molecule has 0 unspecified atom stereocenters. The smallest absolute Gasteiger partial charge is 0.248 e. The second-order valence-electron chi connectivity index (χ2n) is 6.97. The summed E-state index contributed by atoms with van der Waals surface area (Å²) in [4.78, 5) is 12.2.